The third-order valence-corrected chi connectivity index (χ3v) is 4.27. The Morgan fingerprint density at radius 3 is 2.71 bits per heavy atom. The molecular weight excluding hydrogens is 212 g/mol. The molecule has 100 valence electrons. The molecule has 2 rings (SSSR count). The van der Waals surface area contributed by atoms with Gasteiger partial charge in [0.05, 0.1) is 6.61 Å². The monoisotopic (exact) mass is 240 g/mol. The molecule has 0 aromatic heterocycles. The maximum Gasteiger partial charge on any atom is 0.0556 e. The maximum atomic E-state index is 8.88. The molecule has 0 aromatic rings. The van der Waals surface area contributed by atoms with E-state index < -0.39 is 0 Å². The van der Waals surface area contributed by atoms with Crippen molar-refractivity contribution in [2.45, 2.75) is 45.1 Å². The molecule has 3 heteroatoms. The number of aliphatic hydroxyl groups is 1. The van der Waals surface area contributed by atoms with Crippen molar-refractivity contribution in [3.8, 4) is 0 Å². The van der Waals surface area contributed by atoms with E-state index in [-0.39, 0.29) is 6.61 Å². The molecule has 0 spiro atoms. The van der Waals surface area contributed by atoms with Crippen LogP contribution in [0, 0.1) is 11.8 Å². The van der Waals surface area contributed by atoms with Crippen LogP contribution in [0.3, 0.4) is 0 Å². The number of likely N-dealkylation sites (tertiary alicyclic amines) is 1. The highest BCUT2D eigenvalue weighted by Gasteiger charge is 2.26. The van der Waals surface area contributed by atoms with Gasteiger partial charge in [-0.1, -0.05) is 19.8 Å². The quantitative estimate of drug-likeness (QED) is 0.764. The van der Waals surface area contributed by atoms with E-state index in [4.69, 9.17) is 5.11 Å². The number of hydrogen-bond acceptors (Lipinski definition) is 3. The average Bonchev–Trinajstić information content (AvgIpc) is 2.78. The summed E-state index contributed by atoms with van der Waals surface area (Å²) >= 11 is 0. The Balaban J connectivity index is 1.76. The van der Waals surface area contributed by atoms with Crippen molar-refractivity contribution in [2.24, 2.45) is 11.8 Å². The summed E-state index contributed by atoms with van der Waals surface area (Å²) in [6.45, 7) is 7.12. The molecule has 2 fully saturated rings. The lowest BCUT2D eigenvalue weighted by Gasteiger charge is -2.38. The van der Waals surface area contributed by atoms with Gasteiger partial charge in [0.15, 0.2) is 0 Å². The molecule has 2 unspecified atom stereocenters. The SMILES string of the molecule is CC1CC(NCCO)CN(CC2CCCC2)C1. The molecule has 1 saturated heterocycles. The molecular formula is C14H28N2O. The number of piperidine rings is 1. The fourth-order valence-electron chi connectivity index (χ4n) is 3.59. The van der Waals surface area contributed by atoms with E-state index in [0.29, 0.717) is 6.04 Å². The van der Waals surface area contributed by atoms with Gasteiger partial charge in [-0.2, -0.15) is 0 Å². The fraction of sp³-hybridized carbons (Fsp3) is 1.00. The second kappa shape index (κ2) is 6.72. The molecule has 0 radical (unpaired) electrons. The zero-order chi connectivity index (χ0) is 12.1. The Kier molecular flexibility index (Phi) is 5.26. The molecule has 1 saturated carbocycles. The van der Waals surface area contributed by atoms with Gasteiger partial charge in [0.1, 0.15) is 0 Å². The molecule has 0 bridgehead atoms. The van der Waals surface area contributed by atoms with Crippen LogP contribution in [0.2, 0.25) is 0 Å². The van der Waals surface area contributed by atoms with Gasteiger partial charge in [0.25, 0.3) is 0 Å². The minimum Gasteiger partial charge on any atom is -0.395 e. The third kappa shape index (κ3) is 4.23. The van der Waals surface area contributed by atoms with Crippen molar-refractivity contribution in [1.82, 2.24) is 10.2 Å². The number of rotatable bonds is 5. The van der Waals surface area contributed by atoms with Crippen molar-refractivity contribution >= 4 is 0 Å². The van der Waals surface area contributed by atoms with Crippen LogP contribution in [0.15, 0.2) is 0 Å². The second-order valence-electron chi connectivity index (χ2n) is 6.08. The van der Waals surface area contributed by atoms with Crippen LogP contribution < -0.4 is 5.32 Å². The largest absolute Gasteiger partial charge is 0.395 e. The summed E-state index contributed by atoms with van der Waals surface area (Å²) in [5.74, 6) is 1.75. The smallest absolute Gasteiger partial charge is 0.0556 e. The van der Waals surface area contributed by atoms with Gasteiger partial charge < -0.3 is 15.3 Å². The fourth-order valence-corrected chi connectivity index (χ4v) is 3.59. The molecule has 3 nitrogen and oxygen atoms in total. The molecule has 1 aliphatic heterocycles. The summed E-state index contributed by atoms with van der Waals surface area (Å²) in [7, 11) is 0. The lowest BCUT2D eigenvalue weighted by molar-refractivity contribution is 0.127. The van der Waals surface area contributed by atoms with Gasteiger partial charge in [-0.05, 0) is 31.1 Å². The van der Waals surface area contributed by atoms with Gasteiger partial charge in [0, 0.05) is 32.2 Å². The molecule has 0 aromatic carbocycles. The summed E-state index contributed by atoms with van der Waals surface area (Å²) < 4.78 is 0. The first-order valence-corrected chi connectivity index (χ1v) is 7.34. The molecule has 2 N–H and O–H groups in total. The number of aliphatic hydroxyl groups excluding tert-OH is 1. The van der Waals surface area contributed by atoms with E-state index in [0.717, 1.165) is 18.4 Å². The van der Waals surface area contributed by atoms with E-state index in [2.05, 4.69) is 17.1 Å². The van der Waals surface area contributed by atoms with Gasteiger partial charge in [-0.15, -0.1) is 0 Å². The van der Waals surface area contributed by atoms with Crippen LogP contribution in [0.5, 0.6) is 0 Å². The normalized spacial score (nSPS) is 32.1. The zero-order valence-corrected chi connectivity index (χ0v) is 11.2. The number of hydrogen-bond donors (Lipinski definition) is 2. The Morgan fingerprint density at radius 1 is 1.24 bits per heavy atom. The Labute approximate surface area is 106 Å². The Morgan fingerprint density at radius 2 is 2.00 bits per heavy atom. The highest BCUT2D eigenvalue weighted by Crippen LogP contribution is 2.27. The van der Waals surface area contributed by atoms with Crippen LogP contribution >= 0.6 is 0 Å². The summed E-state index contributed by atoms with van der Waals surface area (Å²) in [6, 6.07) is 0.590. The minimum absolute atomic E-state index is 0.257. The van der Waals surface area contributed by atoms with Crippen LogP contribution in [-0.4, -0.2) is 48.8 Å². The van der Waals surface area contributed by atoms with Crippen molar-refractivity contribution in [3.05, 3.63) is 0 Å². The lowest BCUT2D eigenvalue weighted by Crippen LogP contribution is -2.50. The molecule has 17 heavy (non-hydrogen) atoms. The van der Waals surface area contributed by atoms with Crippen LogP contribution in [-0.2, 0) is 0 Å². The Hall–Kier alpha value is -0.120. The highest BCUT2D eigenvalue weighted by atomic mass is 16.3. The van der Waals surface area contributed by atoms with E-state index in [1.807, 2.05) is 0 Å². The molecule has 1 heterocycles. The van der Waals surface area contributed by atoms with Gasteiger partial charge in [-0.25, -0.2) is 0 Å². The first-order chi connectivity index (χ1) is 8.28. The van der Waals surface area contributed by atoms with E-state index in [1.54, 1.807) is 0 Å². The van der Waals surface area contributed by atoms with Crippen LogP contribution in [0.25, 0.3) is 0 Å². The van der Waals surface area contributed by atoms with E-state index in [1.165, 1.54) is 51.7 Å². The van der Waals surface area contributed by atoms with Crippen LogP contribution in [0.4, 0.5) is 0 Å². The first-order valence-electron chi connectivity index (χ1n) is 7.34. The number of nitrogens with one attached hydrogen (secondary N) is 1. The topological polar surface area (TPSA) is 35.5 Å². The summed E-state index contributed by atoms with van der Waals surface area (Å²) in [4.78, 5) is 2.65. The van der Waals surface area contributed by atoms with E-state index in [9.17, 15) is 0 Å². The highest BCUT2D eigenvalue weighted by molar-refractivity contribution is 4.83. The van der Waals surface area contributed by atoms with Crippen molar-refractivity contribution in [3.63, 3.8) is 0 Å². The summed E-state index contributed by atoms with van der Waals surface area (Å²) in [6.07, 6.45) is 7.04. The summed E-state index contributed by atoms with van der Waals surface area (Å²) in [5, 5.41) is 12.3. The standard InChI is InChI=1S/C14H28N2O/c1-12-8-14(15-6-7-17)11-16(9-12)10-13-4-2-3-5-13/h12-15,17H,2-11H2,1H3. The van der Waals surface area contributed by atoms with Crippen molar-refractivity contribution < 1.29 is 5.11 Å². The van der Waals surface area contributed by atoms with Gasteiger partial charge in [0.2, 0.25) is 0 Å². The third-order valence-electron chi connectivity index (χ3n) is 4.27. The predicted molar refractivity (Wildman–Crippen MR) is 71.1 cm³/mol. The predicted octanol–water partition coefficient (Wildman–Crippen LogP) is 1.47. The minimum atomic E-state index is 0.257. The van der Waals surface area contributed by atoms with Crippen molar-refractivity contribution in [1.29, 1.82) is 0 Å². The van der Waals surface area contributed by atoms with Gasteiger partial charge in [-0.3, -0.25) is 0 Å². The second-order valence-corrected chi connectivity index (χ2v) is 6.08. The van der Waals surface area contributed by atoms with Crippen molar-refractivity contribution in [2.75, 3.05) is 32.8 Å². The molecule has 2 atom stereocenters. The summed E-state index contributed by atoms with van der Waals surface area (Å²) in [5.41, 5.74) is 0. The number of nitrogens with zero attached hydrogens (tertiary/aromatic N) is 1. The van der Waals surface area contributed by atoms with Crippen LogP contribution in [0.1, 0.15) is 39.0 Å². The maximum absolute atomic E-state index is 8.88. The molecule has 2 aliphatic rings. The molecule has 0 amide bonds. The average molecular weight is 240 g/mol. The first kappa shape index (κ1) is 13.3. The van der Waals surface area contributed by atoms with E-state index >= 15 is 0 Å². The van der Waals surface area contributed by atoms with Gasteiger partial charge >= 0.3 is 0 Å². The Bertz CT molecular complexity index is 216. The lowest BCUT2D eigenvalue weighted by atomic mass is 9.94. The molecule has 1 aliphatic carbocycles. The zero-order valence-electron chi connectivity index (χ0n) is 11.2.